The first-order valence-electron chi connectivity index (χ1n) is 5.93. The number of thiophene rings is 1. The van der Waals surface area contributed by atoms with Gasteiger partial charge in [-0.3, -0.25) is 4.79 Å². The number of ketones is 1. The average molecular weight is 310 g/mol. The predicted octanol–water partition coefficient (Wildman–Crippen LogP) is 2.90. The SMILES string of the molecule is CNc1snc(C)c1C(=O)OCC(=O)c1ccc(C)s1. The van der Waals surface area contributed by atoms with Crippen LogP contribution in [0.3, 0.4) is 0 Å². The smallest absolute Gasteiger partial charge is 0.343 e. The number of hydrogen-bond acceptors (Lipinski definition) is 7. The Bertz CT molecular complexity index is 646. The van der Waals surface area contributed by atoms with E-state index in [9.17, 15) is 9.59 Å². The lowest BCUT2D eigenvalue weighted by atomic mass is 10.2. The molecule has 0 aliphatic rings. The Morgan fingerprint density at radius 3 is 2.70 bits per heavy atom. The van der Waals surface area contributed by atoms with Gasteiger partial charge in [-0.05, 0) is 37.5 Å². The first-order chi connectivity index (χ1) is 9.52. The summed E-state index contributed by atoms with van der Waals surface area (Å²) in [5.74, 6) is -0.717. The molecule has 0 amide bonds. The van der Waals surface area contributed by atoms with Crippen LogP contribution in [0.2, 0.25) is 0 Å². The van der Waals surface area contributed by atoms with E-state index >= 15 is 0 Å². The van der Waals surface area contributed by atoms with Crippen LogP contribution in [0.5, 0.6) is 0 Å². The van der Waals surface area contributed by atoms with E-state index in [1.54, 1.807) is 20.0 Å². The predicted molar refractivity (Wildman–Crippen MR) is 80.1 cm³/mol. The average Bonchev–Trinajstić information content (AvgIpc) is 3.01. The number of Topliss-reactive ketones (excluding diaryl/α,β-unsaturated/α-hetero) is 1. The van der Waals surface area contributed by atoms with Crippen molar-refractivity contribution in [3.8, 4) is 0 Å². The Morgan fingerprint density at radius 1 is 1.35 bits per heavy atom. The molecule has 0 unspecified atom stereocenters. The zero-order chi connectivity index (χ0) is 14.7. The molecule has 5 nitrogen and oxygen atoms in total. The fourth-order valence-electron chi connectivity index (χ4n) is 1.64. The Morgan fingerprint density at radius 2 is 2.10 bits per heavy atom. The molecule has 0 saturated heterocycles. The second-order valence-corrected chi connectivity index (χ2v) is 6.19. The normalized spacial score (nSPS) is 10.3. The number of aromatic nitrogens is 1. The molecule has 0 spiro atoms. The molecule has 0 bridgehead atoms. The topological polar surface area (TPSA) is 68.3 Å². The lowest BCUT2D eigenvalue weighted by Gasteiger charge is -2.04. The number of ether oxygens (including phenoxy) is 1. The lowest BCUT2D eigenvalue weighted by Crippen LogP contribution is -2.14. The minimum Gasteiger partial charge on any atom is -0.454 e. The summed E-state index contributed by atoms with van der Waals surface area (Å²) in [5.41, 5.74) is 0.997. The van der Waals surface area contributed by atoms with Gasteiger partial charge in [0.1, 0.15) is 10.6 Å². The summed E-state index contributed by atoms with van der Waals surface area (Å²) in [6.07, 6.45) is 0. The Labute approximate surface area is 124 Å². The maximum absolute atomic E-state index is 12.0. The van der Waals surface area contributed by atoms with Crippen LogP contribution in [0.4, 0.5) is 5.00 Å². The summed E-state index contributed by atoms with van der Waals surface area (Å²) in [6, 6.07) is 3.61. The van der Waals surface area contributed by atoms with Crippen LogP contribution < -0.4 is 5.32 Å². The van der Waals surface area contributed by atoms with Gasteiger partial charge >= 0.3 is 5.97 Å². The molecular formula is C13H14N2O3S2. The van der Waals surface area contributed by atoms with Crippen molar-refractivity contribution in [2.24, 2.45) is 0 Å². The van der Waals surface area contributed by atoms with Gasteiger partial charge in [-0.1, -0.05) is 0 Å². The van der Waals surface area contributed by atoms with E-state index in [1.165, 1.54) is 22.9 Å². The van der Waals surface area contributed by atoms with E-state index in [2.05, 4.69) is 9.69 Å². The van der Waals surface area contributed by atoms with E-state index in [0.29, 0.717) is 21.1 Å². The van der Waals surface area contributed by atoms with Crippen LogP contribution in [-0.2, 0) is 4.74 Å². The van der Waals surface area contributed by atoms with E-state index < -0.39 is 5.97 Å². The summed E-state index contributed by atoms with van der Waals surface area (Å²) in [4.78, 5) is 25.5. The number of hydrogen-bond donors (Lipinski definition) is 1. The quantitative estimate of drug-likeness (QED) is 0.679. The standard InChI is InChI=1S/C13H14N2O3S2/c1-7-4-5-10(19-7)9(16)6-18-13(17)11-8(2)15-20-12(11)14-3/h4-5,14H,6H2,1-3H3. The van der Waals surface area contributed by atoms with Gasteiger partial charge < -0.3 is 10.1 Å². The molecule has 106 valence electrons. The van der Waals surface area contributed by atoms with Crippen LogP contribution in [0.1, 0.15) is 30.6 Å². The van der Waals surface area contributed by atoms with Gasteiger partial charge in [-0.2, -0.15) is 4.37 Å². The van der Waals surface area contributed by atoms with Crippen LogP contribution in [0.25, 0.3) is 0 Å². The van der Waals surface area contributed by atoms with E-state index in [1.807, 2.05) is 13.0 Å². The van der Waals surface area contributed by atoms with Crippen molar-refractivity contribution in [1.82, 2.24) is 4.37 Å². The van der Waals surface area contributed by atoms with Crippen molar-refractivity contribution in [3.05, 3.63) is 33.1 Å². The molecule has 2 rings (SSSR count). The molecule has 2 aromatic rings. The summed E-state index contributed by atoms with van der Waals surface area (Å²) in [7, 11) is 1.71. The second kappa shape index (κ2) is 6.15. The number of nitrogens with zero attached hydrogens (tertiary/aromatic N) is 1. The van der Waals surface area contributed by atoms with Gasteiger partial charge in [0.15, 0.2) is 6.61 Å². The highest BCUT2D eigenvalue weighted by atomic mass is 32.1. The van der Waals surface area contributed by atoms with Crippen molar-refractivity contribution in [2.75, 3.05) is 19.0 Å². The maximum atomic E-state index is 12.0. The van der Waals surface area contributed by atoms with Crippen molar-refractivity contribution in [3.63, 3.8) is 0 Å². The zero-order valence-electron chi connectivity index (χ0n) is 11.4. The number of esters is 1. The molecule has 2 aromatic heterocycles. The van der Waals surface area contributed by atoms with Crippen molar-refractivity contribution in [2.45, 2.75) is 13.8 Å². The molecule has 2 heterocycles. The molecule has 1 N–H and O–H groups in total. The van der Waals surface area contributed by atoms with Gasteiger partial charge in [0.2, 0.25) is 5.78 Å². The summed E-state index contributed by atoms with van der Waals surface area (Å²) < 4.78 is 9.17. The molecule has 7 heteroatoms. The Kier molecular flexibility index (Phi) is 4.51. The van der Waals surface area contributed by atoms with Gasteiger partial charge in [-0.15, -0.1) is 11.3 Å². The summed E-state index contributed by atoms with van der Waals surface area (Å²) in [6.45, 7) is 3.41. The molecular weight excluding hydrogens is 296 g/mol. The number of aryl methyl sites for hydroxylation is 2. The monoisotopic (exact) mass is 310 g/mol. The van der Waals surface area contributed by atoms with Crippen molar-refractivity contribution in [1.29, 1.82) is 0 Å². The van der Waals surface area contributed by atoms with Crippen LogP contribution in [0.15, 0.2) is 12.1 Å². The molecule has 0 radical (unpaired) electrons. The number of rotatable bonds is 5. The number of carbonyl (C=O) groups excluding carboxylic acids is 2. The lowest BCUT2D eigenvalue weighted by molar-refractivity contribution is 0.0476. The minimum atomic E-state index is -0.526. The molecule has 0 fully saturated rings. The first-order valence-corrected chi connectivity index (χ1v) is 7.52. The van der Waals surface area contributed by atoms with E-state index in [4.69, 9.17) is 4.74 Å². The number of nitrogens with one attached hydrogen (secondary N) is 1. The fourth-order valence-corrected chi connectivity index (χ4v) is 3.16. The van der Waals surface area contributed by atoms with Crippen molar-refractivity contribution < 1.29 is 14.3 Å². The molecule has 0 aliphatic carbocycles. The summed E-state index contributed by atoms with van der Waals surface area (Å²) >= 11 is 2.59. The Hall–Kier alpha value is -1.73. The van der Waals surface area contributed by atoms with E-state index in [-0.39, 0.29) is 12.4 Å². The fraction of sp³-hybridized carbons (Fsp3) is 0.308. The van der Waals surface area contributed by atoms with Gasteiger partial charge in [0.25, 0.3) is 0 Å². The molecule has 0 aliphatic heterocycles. The van der Waals surface area contributed by atoms with Crippen molar-refractivity contribution >= 4 is 39.6 Å². The largest absolute Gasteiger partial charge is 0.454 e. The number of carbonyl (C=O) groups is 2. The van der Waals surface area contributed by atoms with Gasteiger partial charge in [0.05, 0.1) is 10.6 Å². The molecule has 20 heavy (non-hydrogen) atoms. The van der Waals surface area contributed by atoms with Gasteiger partial charge in [0, 0.05) is 11.9 Å². The Balaban J connectivity index is 2.02. The highest BCUT2D eigenvalue weighted by Crippen LogP contribution is 2.24. The van der Waals surface area contributed by atoms with Crippen LogP contribution in [0, 0.1) is 13.8 Å². The minimum absolute atomic E-state index is 0.191. The summed E-state index contributed by atoms with van der Waals surface area (Å²) in [5, 5.41) is 3.54. The van der Waals surface area contributed by atoms with Crippen LogP contribution in [-0.4, -0.2) is 29.8 Å². The third kappa shape index (κ3) is 3.05. The second-order valence-electron chi connectivity index (χ2n) is 4.13. The first kappa shape index (κ1) is 14.7. The van der Waals surface area contributed by atoms with Crippen LogP contribution >= 0.6 is 22.9 Å². The molecule has 0 atom stereocenters. The third-order valence-corrected chi connectivity index (χ3v) is 4.64. The maximum Gasteiger partial charge on any atom is 0.343 e. The molecule has 0 aromatic carbocycles. The highest BCUT2D eigenvalue weighted by molar-refractivity contribution is 7.14. The highest BCUT2D eigenvalue weighted by Gasteiger charge is 2.20. The molecule has 0 saturated carbocycles. The number of anilines is 1. The van der Waals surface area contributed by atoms with Gasteiger partial charge in [-0.25, -0.2) is 4.79 Å². The zero-order valence-corrected chi connectivity index (χ0v) is 13.0. The van der Waals surface area contributed by atoms with E-state index in [0.717, 1.165) is 4.88 Å². The third-order valence-electron chi connectivity index (χ3n) is 2.64.